The van der Waals surface area contributed by atoms with Crippen LogP contribution in [0.3, 0.4) is 0 Å². The minimum absolute atomic E-state index is 0.0388. The van der Waals surface area contributed by atoms with E-state index in [2.05, 4.69) is 31.2 Å². The second-order valence-electron chi connectivity index (χ2n) is 6.14. The summed E-state index contributed by atoms with van der Waals surface area (Å²) in [7, 11) is -4.03. The predicted molar refractivity (Wildman–Crippen MR) is 115 cm³/mol. The van der Waals surface area contributed by atoms with Gasteiger partial charge in [-0.1, -0.05) is 33.8 Å². The number of anilines is 1. The third-order valence-electron chi connectivity index (χ3n) is 3.95. The molecule has 0 fully saturated rings. The van der Waals surface area contributed by atoms with Gasteiger partial charge in [0.15, 0.2) is 10.1 Å². The Hall–Kier alpha value is -2.50. The third kappa shape index (κ3) is 5.15. The first-order valence-electron chi connectivity index (χ1n) is 8.45. The smallest absolute Gasteiger partial charge is 0.270 e. The molecule has 0 aliphatic rings. The van der Waals surface area contributed by atoms with Gasteiger partial charge in [0.1, 0.15) is 5.82 Å². The number of nitrogens with one attached hydrogen (secondary N) is 2. The molecule has 0 saturated carbocycles. The molecule has 0 saturated heterocycles. The predicted octanol–water partition coefficient (Wildman–Crippen LogP) is 3.54. The van der Waals surface area contributed by atoms with Crippen LogP contribution in [0.25, 0.3) is 0 Å². The molecule has 3 rings (SSSR count). The number of rotatable bonds is 6. The van der Waals surface area contributed by atoms with Crippen molar-refractivity contribution in [1.82, 2.24) is 9.97 Å². The van der Waals surface area contributed by atoms with Gasteiger partial charge >= 0.3 is 0 Å². The van der Waals surface area contributed by atoms with Gasteiger partial charge in [0.2, 0.25) is 15.7 Å². The van der Waals surface area contributed by atoms with Crippen molar-refractivity contribution in [3.63, 3.8) is 0 Å². The lowest BCUT2D eigenvalue weighted by Gasteiger charge is -2.07. The number of nitrogens with zero attached hydrogens (tertiary/aromatic N) is 1. The zero-order valence-corrected chi connectivity index (χ0v) is 18.7. The Morgan fingerprint density at radius 1 is 1.23 bits per heavy atom. The fourth-order valence-electron chi connectivity index (χ4n) is 2.37. The van der Waals surface area contributed by atoms with E-state index in [0.717, 1.165) is 18.0 Å². The zero-order valence-electron chi connectivity index (χ0n) is 15.5. The van der Waals surface area contributed by atoms with Crippen molar-refractivity contribution in [2.24, 2.45) is 0 Å². The van der Waals surface area contributed by atoms with Crippen molar-refractivity contribution in [2.45, 2.75) is 21.9 Å². The second kappa shape index (κ2) is 9.11. The molecule has 1 amide bonds. The fraction of sp³-hybridized carbons (Fsp3) is 0.105. The highest BCUT2D eigenvalue weighted by atomic mass is 79.9. The number of carbonyl (C=O) groups excluding carboxylic acids is 1. The van der Waals surface area contributed by atoms with Gasteiger partial charge in [-0.15, -0.1) is 0 Å². The van der Waals surface area contributed by atoms with Crippen molar-refractivity contribution in [3.8, 4) is 0 Å². The number of carbonyl (C=O) groups is 1. The Balaban J connectivity index is 1.69. The van der Waals surface area contributed by atoms with E-state index in [1.54, 1.807) is 31.2 Å². The summed E-state index contributed by atoms with van der Waals surface area (Å²) < 4.78 is 39.5. The maximum atomic E-state index is 13.5. The fourth-order valence-corrected chi connectivity index (χ4v) is 4.51. The summed E-state index contributed by atoms with van der Waals surface area (Å²) in [6, 6.07) is 10.2. The number of sulfone groups is 1. The van der Waals surface area contributed by atoms with Crippen LogP contribution in [0.5, 0.6) is 0 Å². The molecular weight excluding hydrogens is 497 g/mol. The van der Waals surface area contributed by atoms with Crippen molar-refractivity contribution < 1.29 is 17.6 Å². The molecule has 11 heteroatoms. The van der Waals surface area contributed by atoms with Gasteiger partial charge in [0.05, 0.1) is 16.8 Å². The van der Waals surface area contributed by atoms with Gasteiger partial charge in [0, 0.05) is 10.2 Å². The lowest BCUT2D eigenvalue weighted by atomic mass is 10.2. The number of aromatic nitrogens is 2. The van der Waals surface area contributed by atoms with E-state index in [0.29, 0.717) is 15.7 Å². The number of benzene rings is 2. The van der Waals surface area contributed by atoms with Crippen molar-refractivity contribution in [1.29, 1.82) is 0 Å². The summed E-state index contributed by atoms with van der Waals surface area (Å²) in [5.74, 6) is -0.983. The van der Waals surface area contributed by atoms with Crippen LogP contribution in [0.2, 0.25) is 0 Å². The minimum Gasteiger partial charge on any atom is -0.325 e. The zero-order chi connectivity index (χ0) is 21.9. The van der Waals surface area contributed by atoms with Crippen molar-refractivity contribution in [3.05, 3.63) is 74.9 Å². The lowest BCUT2D eigenvalue weighted by Crippen LogP contribution is -2.20. The maximum absolute atomic E-state index is 13.5. The Bertz CT molecular complexity index is 1260. The molecule has 1 aromatic heterocycles. The Morgan fingerprint density at radius 3 is 2.57 bits per heavy atom. The standard InChI is InChI=1S/C19H15BrFN3O4S2/c1-11-2-5-13(8-15(11)21)23-17(25)10-29-19-22-9-16(18(26)24-19)30(27,28)14-6-3-12(20)4-7-14/h2-9H,10H2,1H3,(H,23,25)(H,22,24,26). The normalized spacial score (nSPS) is 11.3. The molecule has 2 N–H and O–H groups in total. The van der Waals surface area contributed by atoms with Gasteiger partial charge in [-0.3, -0.25) is 9.59 Å². The molecule has 0 aliphatic carbocycles. The molecule has 7 nitrogen and oxygen atoms in total. The van der Waals surface area contributed by atoms with Gasteiger partial charge in [-0.2, -0.15) is 0 Å². The van der Waals surface area contributed by atoms with E-state index in [-0.39, 0.29) is 15.8 Å². The third-order valence-corrected chi connectivity index (χ3v) is 7.13. The van der Waals surface area contributed by atoms with Crippen LogP contribution in [0.15, 0.2) is 72.9 Å². The SMILES string of the molecule is Cc1ccc(NC(=O)CSc2ncc(S(=O)(=O)c3ccc(Br)cc3)c(=O)[nH]2)cc1F. The quantitative estimate of drug-likeness (QED) is 0.387. The first-order valence-corrected chi connectivity index (χ1v) is 11.7. The van der Waals surface area contributed by atoms with Crippen LogP contribution < -0.4 is 10.9 Å². The highest BCUT2D eigenvalue weighted by molar-refractivity contribution is 9.10. The van der Waals surface area contributed by atoms with Crippen molar-refractivity contribution >= 4 is 49.1 Å². The van der Waals surface area contributed by atoms with Gasteiger partial charge in [-0.25, -0.2) is 17.8 Å². The summed E-state index contributed by atoms with van der Waals surface area (Å²) >= 11 is 4.13. The molecular formula is C19H15BrFN3O4S2. The van der Waals surface area contributed by atoms with E-state index < -0.39 is 32.0 Å². The minimum atomic E-state index is -4.03. The highest BCUT2D eigenvalue weighted by Crippen LogP contribution is 2.21. The summed E-state index contributed by atoms with van der Waals surface area (Å²) in [5.41, 5.74) is -0.0696. The largest absolute Gasteiger partial charge is 0.325 e. The maximum Gasteiger partial charge on any atom is 0.270 e. The monoisotopic (exact) mass is 511 g/mol. The van der Waals surface area contributed by atoms with E-state index in [1.807, 2.05) is 0 Å². The Morgan fingerprint density at radius 2 is 1.93 bits per heavy atom. The van der Waals surface area contributed by atoms with Crippen LogP contribution in [-0.2, 0) is 14.6 Å². The Kier molecular flexibility index (Phi) is 6.74. The summed E-state index contributed by atoms with van der Waals surface area (Å²) in [5, 5.41) is 2.62. The molecule has 2 aromatic carbocycles. The lowest BCUT2D eigenvalue weighted by molar-refractivity contribution is -0.113. The molecule has 30 heavy (non-hydrogen) atoms. The molecule has 0 radical (unpaired) electrons. The summed E-state index contributed by atoms with van der Waals surface area (Å²) in [6.45, 7) is 1.61. The van der Waals surface area contributed by atoms with E-state index >= 15 is 0 Å². The number of halogens is 2. The molecule has 3 aromatic rings. The van der Waals surface area contributed by atoms with E-state index in [1.165, 1.54) is 18.2 Å². The molecule has 1 heterocycles. The van der Waals surface area contributed by atoms with Crippen LogP contribution >= 0.6 is 27.7 Å². The average Bonchev–Trinajstić information content (AvgIpc) is 2.69. The van der Waals surface area contributed by atoms with Crippen LogP contribution in [0.4, 0.5) is 10.1 Å². The topological polar surface area (TPSA) is 109 Å². The Labute approximate surface area is 184 Å². The molecule has 0 atom stereocenters. The van der Waals surface area contributed by atoms with Gasteiger partial charge < -0.3 is 10.3 Å². The number of thioether (sulfide) groups is 1. The number of aromatic amines is 1. The van der Waals surface area contributed by atoms with Gasteiger partial charge in [-0.05, 0) is 48.9 Å². The molecule has 0 aliphatic heterocycles. The molecule has 156 valence electrons. The van der Waals surface area contributed by atoms with Crippen molar-refractivity contribution in [2.75, 3.05) is 11.1 Å². The van der Waals surface area contributed by atoms with Crippen LogP contribution in [0, 0.1) is 12.7 Å². The molecule has 0 spiro atoms. The summed E-state index contributed by atoms with van der Waals surface area (Å²) in [6.07, 6.45) is 0.964. The first kappa shape index (κ1) is 22.2. The first-order chi connectivity index (χ1) is 14.2. The number of hydrogen-bond acceptors (Lipinski definition) is 6. The average molecular weight is 512 g/mol. The molecule has 0 unspecified atom stereocenters. The second-order valence-corrected chi connectivity index (χ2v) is 9.94. The van der Waals surface area contributed by atoms with Gasteiger partial charge in [0.25, 0.3) is 5.56 Å². The van der Waals surface area contributed by atoms with E-state index in [9.17, 15) is 22.4 Å². The summed E-state index contributed by atoms with van der Waals surface area (Å²) in [4.78, 5) is 30.1. The number of amides is 1. The number of hydrogen-bond donors (Lipinski definition) is 2. The van der Waals surface area contributed by atoms with Crippen LogP contribution in [-0.4, -0.2) is 30.0 Å². The number of aryl methyl sites for hydroxylation is 1. The highest BCUT2D eigenvalue weighted by Gasteiger charge is 2.22. The number of H-pyrrole nitrogens is 1. The molecule has 0 bridgehead atoms. The van der Waals surface area contributed by atoms with Crippen LogP contribution in [0.1, 0.15) is 5.56 Å². The van der Waals surface area contributed by atoms with E-state index in [4.69, 9.17) is 0 Å².